The molecule has 0 radical (unpaired) electrons. The van der Waals surface area contributed by atoms with E-state index in [0.29, 0.717) is 6.42 Å². The third-order valence-electron chi connectivity index (χ3n) is 3.00. The SMILES string of the molecule is CC(Sc1ccccc1)C(=O)NC1CCS(=O)(=O)C1. The van der Waals surface area contributed by atoms with Crippen LogP contribution in [0.2, 0.25) is 0 Å². The van der Waals surface area contributed by atoms with Crippen molar-refractivity contribution in [3.8, 4) is 0 Å². The average Bonchev–Trinajstić information content (AvgIpc) is 2.70. The van der Waals surface area contributed by atoms with E-state index < -0.39 is 9.84 Å². The van der Waals surface area contributed by atoms with Crippen LogP contribution < -0.4 is 5.32 Å². The Morgan fingerprint density at radius 3 is 2.63 bits per heavy atom. The van der Waals surface area contributed by atoms with Gasteiger partial charge in [0.05, 0.1) is 16.8 Å². The van der Waals surface area contributed by atoms with E-state index >= 15 is 0 Å². The predicted octanol–water partition coefficient (Wildman–Crippen LogP) is 1.47. The number of amides is 1. The number of sulfone groups is 1. The van der Waals surface area contributed by atoms with Crippen LogP contribution in [0.15, 0.2) is 35.2 Å². The second-order valence-electron chi connectivity index (χ2n) is 4.68. The molecule has 1 aromatic rings. The summed E-state index contributed by atoms with van der Waals surface area (Å²) < 4.78 is 22.7. The van der Waals surface area contributed by atoms with E-state index in [9.17, 15) is 13.2 Å². The molecule has 1 fully saturated rings. The molecule has 0 bridgehead atoms. The van der Waals surface area contributed by atoms with Crippen molar-refractivity contribution in [1.29, 1.82) is 0 Å². The average molecular weight is 299 g/mol. The molecule has 0 spiro atoms. The van der Waals surface area contributed by atoms with E-state index in [1.165, 1.54) is 11.8 Å². The molecule has 1 N–H and O–H groups in total. The molecule has 1 aromatic carbocycles. The second-order valence-corrected chi connectivity index (χ2v) is 8.32. The zero-order chi connectivity index (χ0) is 13.9. The van der Waals surface area contributed by atoms with Crippen molar-refractivity contribution in [3.63, 3.8) is 0 Å². The van der Waals surface area contributed by atoms with Crippen molar-refractivity contribution in [2.75, 3.05) is 11.5 Å². The maximum atomic E-state index is 12.0. The topological polar surface area (TPSA) is 63.2 Å². The molecule has 19 heavy (non-hydrogen) atoms. The third kappa shape index (κ3) is 4.24. The summed E-state index contributed by atoms with van der Waals surface area (Å²) in [5.41, 5.74) is 0. The maximum Gasteiger partial charge on any atom is 0.233 e. The first-order chi connectivity index (χ1) is 8.96. The van der Waals surface area contributed by atoms with Crippen LogP contribution in [-0.2, 0) is 14.6 Å². The Morgan fingerprint density at radius 1 is 1.37 bits per heavy atom. The molecule has 0 aromatic heterocycles. The van der Waals surface area contributed by atoms with Gasteiger partial charge in [0.25, 0.3) is 0 Å². The molecule has 1 aliphatic rings. The van der Waals surface area contributed by atoms with Crippen molar-refractivity contribution in [2.24, 2.45) is 0 Å². The van der Waals surface area contributed by atoms with Crippen LogP contribution >= 0.6 is 11.8 Å². The van der Waals surface area contributed by atoms with Crippen LogP contribution in [0.25, 0.3) is 0 Å². The highest BCUT2D eigenvalue weighted by atomic mass is 32.2. The molecule has 104 valence electrons. The van der Waals surface area contributed by atoms with Crippen molar-refractivity contribution in [1.82, 2.24) is 5.32 Å². The zero-order valence-electron chi connectivity index (χ0n) is 10.7. The Kier molecular flexibility index (Phi) is 4.52. The lowest BCUT2D eigenvalue weighted by atomic mass is 10.2. The molecular weight excluding hydrogens is 282 g/mol. The predicted molar refractivity (Wildman–Crippen MR) is 77.0 cm³/mol. The lowest BCUT2D eigenvalue weighted by Gasteiger charge is -2.15. The fraction of sp³-hybridized carbons (Fsp3) is 0.462. The highest BCUT2D eigenvalue weighted by Crippen LogP contribution is 2.23. The van der Waals surface area contributed by atoms with Gasteiger partial charge in [-0.1, -0.05) is 18.2 Å². The Bertz CT molecular complexity index is 542. The molecule has 1 saturated heterocycles. The summed E-state index contributed by atoms with van der Waals surface area (Å²) in [7, 11) is -2.95. The van der Waals surface area contributed by atoms with Gasteiger partial charge in [0.1, 0.15) is 0 Å². The number of carbonyl (C=O) groups is 1. The van der Waals surface area contributed by atoms with Crippen LogP contribution in [0.4, 0.5) is 0 Å². The van der Waals surface area contributed by atoms with Gasteiger partial charge in [-0.3, -0.25) is 4.79 Å². The van der Waals surface area contributed by atoms with Gasteiger partial charge in [0, 0.05) is 10.9 Å². The Hall–Kier alpha value is -1.01. The second kappa shape index (κ2) is 5.96. The monoisotopic (exact) mass is 299 g/mol. The van der Waals surface area contributed by atoms with E-state index in [1.807, 2.05) is 37.3 Å². The standard InChI is InChI=1S/C13H17NO3S2/c1-10(18-12-5-3-2-4-6-12)13(15)14-11-7-8-19(16,17)9-11/h2-6,10-11H,7-9H2,1H3,(H,14,15). The van der Waals surface area contributed by atoms with Crippen LogP contribution in [-0.4, -0.2) is 37.1 Å². The minimum absolute atomic E-state index is 0.0709. The first-order valence-corrected chi connectivity index (χ1v) is 8.89. The number of nitrogens with one attached hydrogen (secondary N) is 1. The molecule has 2 unspecified atom stereocenters. The van der Waals surface area contributed by atoms with Crippen LogP contribution in [0, 0.1) is 0 Å². The third-order valence-corrected chi connectivity index (χ3v) is 5.88. The van der Waals surface area contributed by atoms with Gasteiger partial charge in [-0.25, -0.2) is 8.42 Å². The van der Waals surface area contributed by atoms with Crippen molar-refractivity contribution in [3.05, 3.63) is 30.3 Å². The lowest BCUT2D eigenvalue weighted by molar-refractivity contribution is -0.120. The van der Waals surface area contributed by atoms with Gasteiger partial charge in [0.2, 0.25) is 5.91 Å². The lowest BCUT2D eigenvalue weighted by Crippen LogP contribution is -2.39. The summed E-state index contributed by atoms with van der Waals surface area (Å²) in [6, 6.07) is 9.46. The molecule has 4 nitrogen and oxygen atoms in total. The zero-order valence-corrected chi connectivity index (χ0v) is 12.3. The highest BCUT2D eigenvalue weighted by Gasteiger charge is 2.30. The van der Waals surface area contributed by atoms with Crippen molar-refractivity contribution >= 4 is 27.5 Å². The summed E-state index contributed by atoms with van der Waals surface area (Å²) in [6.07, 6.45) is 0.525. The smallest absolute Gasteiger partial charge is 0.233 e. The van der Waals surface area contributed by atoms with E-state index in [2.05, 4.69) is 5.32 Å². The summed E-state index contributed by atoms with van der Waals surface area (Å²) in [5, 5.41) is 2.58. The molecule has 2 rings (SSSR count). The first-order valence-electron chi connectivity index (χ1n) is 6.19. The van der Waals surface area contributed by atoms with Gasteiger partial charge in [-0.2, -0.15) is 0 Å². The Labute approximate surface area is 117 Å². The van der Waals surface area contributed by atoms with Crippen LogP contribution in [0.3, 0.4) is 0 Å². The first kappa shape index (κ1) is 14.4. The van der Waals surface area contributed by atoms with E-state index in [1.54, 1.807) is 0 Å². The largest absolute Gasteiger partial charge is 0.351 e. The summed E-state index contributed by atoms with van der Waals surface area (Å²) >= 11 is 1.47. The fourth-order valence-electron chi connectivity index (χ4n) is 1.98. The number of rotatable bonds is 4. The van der Waals surface area contributed by atoms with E-state index in [0.717, 1.165) is 4.90 Å². The molecular formula is C13H17NO3S2. The van der Waals surface area contributed by atoms with Gasteiger partial charge >= 0.3 is 0 Å². The fourth-order valence-corrected chi connectivity index (χ4v) is 4.56. The van der Waals surface area contributed by atoms with Crippen molar-refractivity contribution in [2.45, 2.75) is 29.5 Å². The highest BCUT2D eigenvalue weighted by molar-refractivity contribution is 8.00. The van der Waals surface area contributed by atoms with Crippen LogP contribution in [0.5, 0.6) is 0 Å². The summed E-state index contributed by atoms with van der Waals surface area (Å²) in [5.74, 6) is 0.149. The molecule has 2 atom stereocenters. The van der Waals surface area contributed by atoms with E-state index in [4.69, 9.17) is 0 Å². The number of benzene rings is 1. The Balaban J connectivity index is 1.86. The quantitative estimate of drug-likeness (QED) is 0.855. The van der Waals surface area contributed by atoms with Gasteiger partial charge in [-0.05, 0) is 25.5 Å². The molecule has 6 heteroatoms. The van der Waals surface area contributed by atoms with E-state index in [-0.39, 0.29) is 28.7 Å². The van der Waals surface area contributed by atoms with Crippen molar-refractivity contribution < 1.29 is 13.2 Å². The Morgan fingerprint density at radius 2 is 2.05 bits per heavy atom. The number of thioether (sulfide) groups is 1. The number of hydrogen-bond acceptors (Lipinski definition) is 4. The molecule has 0 aliphatic carbocycles. The summed E-state index contributed by atoms with van der Waals surface area (Å²) in [6.45, 7) is 1.83. The molecule has 1 heterocycles. The van der Waals surface area contributed by atoms with Gasteiger partial charge in [0.15, 0.2) is 9.84 Å². The molecule has 0 saturated carbocycles. The minimum atomic E-state index is -2.95. The normalized spacial score (nSPS) is 22.9. The molecule has 1 amide bonds. The molecule has 1 aliphatic heterocycles. The maximum absolute atomic E-state index is 12.0. The minimum Gasteiger partial charge on any atom is -0.351 e. The van der Waals surface area contributed by atoms with Gasteiger partial charge < -0.3 is 5.32 Å². The van der Waals surface area contributed by atoms with Gasteiger partial charge in [-0.15, -0.1) is 11.8 Å². The number of hydrogen-bond donors (Lipinski definition) is 1. The summed E-state index contributed by atoms with van der Waals surface area (Å²) in [4.78, 5) is 13.0. The van der Waals surface area contributed by atoms with Crippen LogP contribution in [0.1, 0.15) is 13.3 Å². The number of carbonyl (C=O) groups excluding carboxylic acids is 1.